The number of carbonyl (C=O) groups is 1. The van der Waals surface area contributed by atoms with Gasteiger partial charge in [-0.3, -0.25) is 14.7 Å². The molecule has 0 aromatic carbocycles. The number of hydrogen-bond donors (Lipinski definition) is 2. The van der Waals surface area contributed by atoms with E-state index < -0.39 is 0 Å². The van der Waals surface area contributed by atoms with Crippen molar-refractivity contribution < 1.29 is 4.79 Å². The van der Waals surface area contributed by atoms with Crippen LogP contribution < -0.4 is 10.6 Å². The lowest BCUT2D eigenvalue weighted by Gasteiger charge is -2.26. The lowest BCUT2D eigenvalue weighted by Crippen LogP contribution is -2.44. The van der Waals surface area contributed by atoms with E-state index in [0.717, 1.165) is 62.8 Å². The highest BCUT2D eigenvalue weighted by molar-refractivity contribution is 7.11. The average molecular weight is 381 g/mol. The molecule has 2 heterocycles. The number of likely N-dealkylation sites (N-methyl/N-ethyl adjacent to an activating group) is 1. The molecule has 0 saturated carbocycles. The van der Waals surface area contributed by atoms with Gasteiger partial charge < -0.3 is 15.5 Å². The molecule has 1 aliphatic heterocycles. The van der Waals surface area contributed by atoms with Crippen LogP contribution in [0, 0.1) is 6.92 Å². The van der Waals surface area contributed by atoms with Crippen LogP contribution in [0.15, 0.2) is 11.2 Å². The molecule has 1 aromatic heterocycles. The van der Waals surface area contributed by atoms with Gasteiger partial charge in [0.1, 0.15) is 0 Å². The summed E-state index contributed by atoms with van der Waals surface area (Å²) in [6.07, 6.45) is 5.89. The van der Waals surface area contributed by atoms with Crippen LogP contribution in [0.4, 0.5) is 0 Å². The molecule has 1 aliphatic rings. The normalized spacial score (nSPS) is 18.2. The molecule has 7 nitrogen and oxygen atoms in total. The number of carbonyl (C=O) groups excluding carboxylic acids is 1. The molecule has 1 amide bonds. The third-order valence-corrected chi connectivity index (χ3v) is 5.50. The molecule has 0 bridgehead atoms. The van der Waals surface area contributed by atoms with E-state index in [1.54, 1.807) is 23.3 Å². The quantitative estimate of drug-likeness (QED) is 0.401. The Morgan fingerprint density at radius 1 is 1.42 bits per heavy atom. The summed E-state index contributed by atoms with van der Waals surface area (Å²) in [4.78, 5) is 26.1. The molecule has 8 heteroatoms. The molecule has 146 valence electrons. The summed E-state index contributed by atoms with van der Waals surface area (Å²) in [6.45, 7) is 5.69. The summed E-state index contributed by atoms with van der Waals surface area (Å²) in [5.74, 6) is 1.05. The number of hydrogen-bond acceptors (Lipinski definition) is 5. The lowest BCUT2D eigenvalue weighted by molar-refractivity contribution is -0.133. The standard InChI is InChI=1S/C18H32N6OS/c1-14-13-22-16(26-14)8-10-21-18(19-2)20-9-6-12-24-11-5-7-15(24)17(25)23(3)4/h13,15H,5-12H2,1-4H3,(H2,19,20,21). The molecule has 26 heavy (non-hydrogen) atoms. The van der Waals surface area contributed by atoms with Crippen molar-refractivity contribution >= 4 is 23.2 Å². The maximum Gasteiger partial charge on any atom is 0.239 e. The summed E-state index contributed by atoms with van der Waals surface area (Å²) in [5, 5.41) is 7.83. The maximum atomic E-state index is 12.2. The van der Waals surface area contributed by atoms with Crippen molar-refractivity contribution in [3.63, 3.8) is 0 Å². The van der Waals surface area contributed by atoms with Gasteiger partial charge in [0.05, 0.1) is 11.0 Å². The molecule has 1 unspecified atom stereocenters. The fourth-order valence-corrected chi connectivity index (χ4v) is 3.97. The Kier molecular flexibility index (Phi) is 8.31. The van der Waals surface area contributed by atoms with Crippen LogP contribution in [0.25, 0.3) is 0 Å². The minimum Gasteiger partial charge on any atom is -0.356 e. The first-order valence-corrected chi connectivity index (χ1v) is 10.1. The van der Waals surface area contributed by atoms with E-state index in [0.29, 0.717) is 0 Å². The van der Waals surface area contributed by atoms with Crippen molar-refractivity contribution in [2.45, 2.75) is 38.6 Å². The van der Waals surface area contributed by atoms with Gasteiger partial charge in [-0.2, -0.15) is 0 Å². The number of aliphatic imine (C=N–C) groups is 1. The van der Waals surface area contributed by atoms with E-state index in [2.05, 4.69) is 32.4 Å². The van der Waals surface area contributed by atoms with Crippen LogP contribution in [0.1, 0.15) is 29.1 Å². The van der Waals surface area contributed by atoms with E-state index in [9.17, 15) is 4.79 Å². The average Bonchev–Trinajstić information content (AvgIpc) is 3.25. The van der Waals surface area contributed by atoms with Crippen molar-refractivity contribution in [2.24, 2.45) is 4.99 Å². The van der Waals surface area contributed by atoms with Gasteiger partial charge in [-0.05, 0) is 32.7 Å². The second-order valence-electron chi connectivity index (χ2n) is 6.82. The molecule has 2 rings (SSSR count). The number of nitrogens with one attached hydrogen (secondary N) is 2. The summed E-state index contributed by atoms with van der Waals surface area (Å²) in [5.41, 5.74) is 0. The van der Waals surface area contributed by atoms with Gasteiger partial charge in [0, 0.05) is 58.3 Å². The molecule has 1 atom stereocenters. The highest BCUT2D eigenvalue weighted by Crippen LogP contribution is 2.18. The highest BCUT2D eigenvalue weighted by atomic mass is 32.1. The van der Waals surface area contributed by atoms with E-state index >= 15 is 0 Å². The van der Waals surface area contributed by atoms with Crippen LogP contribution in [0.5, 0.6) is 0 Å². The summed E-state index contributed by atoms with van der Waals surface area (Å²) in [6, 6.07) is 0.0594. The first-order chi connectivity index (χ1) is 12.5. The lowest BCUT2D eigenvalue weighted by atomic mass is 10.2. The van der Waals surface area contributed by atoms with Crippen molar-refractivity contribution in [1.82, 2.24) is 25.4 Å². The molecular weight excluding hydrogens is 348 g/mol. The Bertz CT molecular complexity index is 600. The number of guanidine groups is 1. The van der Waals surface area contributed by atoms with Crippen LogP contribution in [0.2, 0.25) is 0 Å². The van der Waals surface area contributed by atoms with Gasteiger partial charge in [0.15, 0.2) is 5.96 Å². The van der Waals surface area contributed by atoms with Crippen LogP contribution >= 0.6 is 11.3 Å². The van der Waals surface area contributed by atoms with Crippen LogP contribution in [-0.2, 0) is 11.2 Å². The zero-order valence-corrected chi connectivity index (χ0v) is 17.2. The van der Waals surface area contributed by atoms with Crippen molar-refractivity contribution in [3.05, 3.63) is 16.1 Å². The zero-order chi connectivity index (χ0) is 18.9. The SMILES string of the molecule is CN=C(NCCCN1CCCC1C(=O)N(C)C)NCCc1ncc(C)s1. The third-order valence-electron chi connectivity index (χ3n) is 4.53. The van der Waals surface area contributed by atoms with Gasteiger partial charge >= 0.3 is 0 Å². The maximum absolute atomic E-state index is 12.2. The zero-order valence-electron chi connectivity index (χ0n) is 16.4. The molecule has 0 radical (unpaired) electrons. The number of likely N-dealkylation sites (tertiary alicyclic amines) is 1. The number of rotatable bonds is 8. The largest absolute Gasteiger partial charge is 0.356 e. The van der Waals surface area contributed by atoms with Crippen molar-refractivity contribution in [1.29, 1.82) is 0 Å². The third kappa shape index (κ3) is 6.25. The number of aryl methyl sites for hydroxylation is 1. The minimum absolute atomic E-state index is 0.0594. The summed E-state index contributed by atoms with van der Waals surface area (Å²) < 4.78 is 0. The number of aromatic nitrogens is 1. The van der Waals surface area contributed by atoms with Crippen molar-refractivity contribution in [3.8, 4) is 0 Å². The van der Waals surface area contributed by atoms with Gasteiger partial charge in [-0.1, -0.05) is 0 Å². The fraction of sp³-hybridized carbons (Fsp3) is 0.722. The van der Waals surface area contributed by atoms with Crippen molar-refractivity contribution in [2.75, 3.05) is 47.3 Å². The Morgan fingerprint density at radius 3 is 2.85 bits per heavy atom. The number of nitrogens with zero attached hydrogens (tertiary/aromatic N) is 4. The predicted octanol–water partition coefficient (Wildman–Crippen LogP) is 1.10. The first-order valence-electron chi connectivity index (χ1n) is 9.32. The Morgan fingerprint density at radius 2 is 2.19 bits per heavy atom. The van der Waals surface area contributed by atoms with E-state index in [1.165, 1.54) is 4.88 Å². The van der Waals surface area contributed by atoms with Crippen LogP contribution in [0.3, 0.4) is 0 Å². The van der Waals surface area contributed by atoms with E-state index in [-0.39, 0.29) is 11.9 Å². The Labute approximate surface area is 160 Å². The molecule has 1 aromatic rings. The number of amides is 1. The van der Waals surface area contributed by atoms with E-state index in [1.807, 2.05) is 20.3 Å². The Balaban J connectivity index is 1.63. The van der Waals surface area contributed by atoms with Crippen LogP contribution in [-0.4, -0.2) is 80.0 Å². The fourth-order valence-electron chi connectivity index (χ4n) is 3.19. The number of thiazole rings is 1. The minimum atomic E-state index is 0.0594. The molecule has 2 N–H and O–H groups in total. The van der Waals surface area contributed by atoms with Gasteiger partial charge in [-0.25, -0.2) is 4.98 Å². The molecule has 1 saturated heterocycles. The van der Waals surface area contributed by atoms with Gasteiger partial charge in [-0.15, -0.1) is 11.3 Å². The second kappa shape index (κ2) is 10.5. The summed E-state index contributed by atoms with van der Waals surface area (Å²) >= 11 is 1.74. The highest BCUT2D eigenvalue weighted by Gasteiger charge is 2.30. The van der Waals surface area contributed by atoms with E-state index in [4.69, 9.17) is 0 Å². The smallest absolute Gasteiger partial charge is 0.239 e. The molecule has 1 fully saturated rings. The molecular formula is C18H32N6OS. The molecule has 0 aliphatic carbocycles. The topological polar surface area (TPSA) is 72.9 Å². The monoisotopic (exact) mass is 380 g/mol. The van der Waals surface area contributed by atoms with Gasteiger partial charge in [0.2, 0.25) is 5.91 Å². The predicted molar refractivity (Wildman–Crippen MR) is 108 cm³/mol. The summed E-state index contributed by atoms with van der Waals surface area (Å²) in [7, 11) is 5.46. The second-order valence-corrected chi connectivity index (χ2v) is 8.14. The molecule has 0 spiro atoms. The van der Waals surface area contributed by atoms with Gasteiger partial charge in [0.25, 0.3) is 0 Å². The first kappa shape index (κ1) is 20.6. The Hall–Kier alpha value is -1.67.